The van der Waals surface area contributed by atoms with Gasteiger partial charge in [0, 0.05) is 31.7 Å². The van der Waals surface area contributed by atoms with Gasteiger partial charge in [0.2, 0.25) is 17.7 Å². The maximum absolute atomic E-state index is 12.1. The number of carbonyl (C=O) groups excluding carboxylic acids is 4. The Labute approximate surface area is 204 Å². The molecule has 35 heavy (non-hydrogen) atoms. The first-order chi connectivity index (χ1) is 16.5. The van der Waals surface area contributed by atoms with Crippen LogP contribution in [0.2, 0.25) is 0 Å². The Morgan fingerprint density at radius 3 is 1.83 bits per heavy atom. The number of Topliss-reactive ketones (excluding diaryl/α,β-unsaturated/α-hetero) is 1. The summed E-state index contributed by atoms with van der Waals surface area (Å²) in [6.07, 6.45) is -0.322. The average molecular weight is 504 g/mol. The Kier molecular flexibility index (Phi) is 16.7. The minimum atomic E-state index is -1.37. The van der Waals surface area contributed by atoms with Crippen molar-refractivity contribution >= 4 is 35.4 Å². The lowest BCUT2D eigenvalue weighted by molar-refractivity contribution is -0.144. The predicted molar refractivity (Wildman–Crippen MR) is 122 cm³/mol. The number of hydrogen-bond acceptors (Lipinski definition) is 8. The van der Waals surface area contributed by atoms with E-state index in [0.717, 1.165) is 0 Å². The van der Waals surface area contributed by atoms with Crippen molar-refractivity contribution in [2.75, 3.05) is 33.0 Å². The van der Waals surface area contributed by atoms with Gasteiger partial charge in [-0.05, 0) is 12.8 Å². The SMILES string of the molecule is CCC(=O)NCCOCCOCC(=O)NC(CCC(=O)N[C@@H](CCC(=O)C(C)C)C(=O)O)C(=O)O. The Hall–Kier alpha value is -3.06. The number of hydrogen-bond donors (Lipinski definition) is 5. The van der Waals surface area contributed by atoms with E-state index < -0.39 is 42.4 Å². The van der Waals surface area contributed by atoms with E-state index in [1.54, 1.807) is 20.8 Å². The molecule has 0 aromatic heterocycles. The lowest BCUT2D eigenvalue weighted by Gasteiger charge is -2.17. The van der Waals surface area contributed by atoms with Crippen LogP contribution in [0.1, 0.15) is 52.9 Å². The van der Waals surface area contributed by atoms with Gasteiger partial charge in [-0.2, -0.15) is 0 Å². The lowest BCUT2D eigenvalue weighted by atomic mass is 10.0. The highest BCUT2D eigenvalue weighted by Gasteiger charge is 2.24. The molecule has 0 aliphatic heterocycles. The average Bonchev–Trinajstić information content (AvgIpc) is 2.79. The summed E-state index contributed by atoms with van der Waals surface area (Å²) in [5.41, 5.74) is 0. The van der Waals surface area contributed by atoms with E-state index in [2.05, 4.69) is 16.0 Å². The second-order valence-corrected chi connectivity index (χ2v) is 7.98. The van der Waals surface area contributed by atoms with Crippen molar-refractivity contribution < 1.29 is 48.5 Å². The van der Waals surface area contributed by atoms with Crippen LogP contribution in [0.25, 0.3) is 0 Å². The van der Waals surface area contributed by atoms with Crippen molar-refractivity contribution in [2.24, 2.45) is 5.92 Å². The fraction of sp³-hybridized carbons (Fsp3) is 0.727. The van der Waals surface area contributed by atoms with E-state index in [9.17, 15) is 39.0 Å². The molecule has 0 aromatic carbocycles. The number of rotatable bonds is 20. The van der Waals surface area contributed by atoms with Crippen molar-refractivity contribution in [2.45, 2.75) is 65.0 Å². The first-order valence-electron chi connectivity index (χ1n) is 11.5. The van der Waals surface area contributed by atoms with Crippen molar-refractivity contribution in [1.29, 1.82) is 0 Å². The van der Waals surface area contributed by atoms with Crippen LogP contribution in [0.4, 0.5) is 0 Å². The largest absolute Gasteiger partial charge is 0.480 e. The lowest BCUT2D eigenvalue weighted by Crippen LogP contribution is -2.45. The van der Waals surface area contributed by atoms with Crippen LogP contribution in [-0.4, -0.2) is 90.7 Å². The summed E-state index contributed by atoms with van der Waals surface area (Å²) in [5, 5.41) is 25.7. The molecule has 0 saturated heterocycles. The number of carboxylic acids is 2. The van der Waals surface area contributed by atoms with Gasteiger partial charge >= 0.3 is 11.9 Å². The summed E-state index contributed by atoms with van der Waals surface area (Å²) in [6.45, 7) is 5.56. The normalized spacial score (nSPS) is 12.5. The van der Waals surface area contributed by atoms with Gasteiger partial charge in [-0.3, -0.25) is 19.2 Å². The van der Waals surface area contributed by atoms with Crippen LogP contribution in [0.15, 0.2) is 0 Å². The zero-order valence-electron chi connectivity index (χ0n) is 20.5. The Balaban J connectivity index is 4.29. The zero-order valence-corrected chi connectivity index (χ0v) is 20.5. The summed E-state index contributed by atoms with van der Waals surface area (Å²) >= 11 is 0. The number of amides is 3. The molecule has 2 atom stereocenters. The Morgan fingerprint density at radius 2 is 1.29 bits per heavy atom. The topological polar surface area (TPSA) is 197 Å². The molecule has 0 fully saturated rings. The number of aliphatic carboxylic acids is 2. The molecule has 0 aliphatic rings. The minimum Gasteiger partial charge on any atom is -0.480 e. The quantitative estimate of drug-likeness (QED) is 0.135. The summed E-state index contributed by atoms with van der Waals surface area (Å²) in [5.74, 6) is -4.55. The summed E-state index contributed by atoms with van der Waals surface area (Å²) in [7, 11) is 0. The number of ether oxygens (including phenoxy) is 2. The van der Waals surface area contributed by atoms with E-state index in [1.807, 2.05) is 0 Å². The predicted octanol–water partition coefficient (Wildman–Crippen LogP) is -0.530. The van der Waals surface area contributed by atoms with Crippen LogP contribution < -0.4 is 16.0 Å². The van der Waals surface area contributed by atoms with Crippen LogP contribution in [0, 0.1) is 5.92 Å². The summed E-state index contributed by atoms with van der Waals surface area (Å²) in [4.78, 5) is 69.5. The van der Waals surface area contributed by atoms with E-state index in [4.69, 9.17) is 9.47 Å². The van der Waals surface area contributed by atoms with Gasteiger partial charge in [0.15, 0.2) is 0 Å². The standard InChI is InChI=1S/C22H37N3O10/c1-4-18(27)23-9-10-34-11-12-35-13-20(29)25-16(22(32)33)6-8-19(28)24-15(21(30)31)5-7-17(26)14(2)3/h14-16H,4-13H2,1-3H3,(H,23,27)(H,24,28)(H,25,29)(H,30,31)(H,32,33)/t15-,16?/m0/s1. The smallest absolute Gasteiger partial charge is 0.326 e. The molecule has 200 valence electrons. The van der Waals surface area contributed by atoms with Gasteiger partial charge in [0.1, 0.15) is 24.5 Å². The van der Waals surface area contributed by atoms with Gasteiger partial charge in [0.25, 0.3) is 0 Å². The van der Waals surface area contributed by atoms with Crippen LogP contribution in [0.5, 0.6) is 0 Å². The van der Waals surface area contributed by atoms with E-state index >= 15 is 0 Å². The fourth-order valence-corrected chi connectivity index (χ4v) is 2.64. The van der Waals surface area contributed by atoms with Crippen LogP contribution >= 0.6 is 0 Å². The Morgan fingerprint density at radius 1 is 0.743 bits per heavy atom. The van der Waals surface area contributed by atoms with Gasteiger partial charge in [-0.25, -0.2) is 9.59 Å². The molecule has 0 saturated carbocycles. The molecule has 0 aromatic rings. The molecule has 0 radical (unpaired) electrons. The second-order valence-electron chi connectivity index (χ2n) is 7.98. The second kappa shape index (κ2) is 18.3. The number of ketones is 1. The molecule has 0 rings (SSSR count). The molecule has 0 bridgehead atoms. The van der Waals surface area contributed by atoms with Crippen molar-refractivity contribution in [3.05, 3.63) is 0 Å². The maximum Gasteiger partial charge on any atom is 0.326 e. The first kappa shape index (κ1) is 31.9. The molecule has 0 heterocycles. The van der Waals surface area contributed by atoms with Crippen LogP contribution in [-0.2, 0) is 38.2 Å². The first-order valence-corrected chi connectivity index (χ1v) is 11.5. The molecule has 13 heteroatoms. The highest BCUT2D eigenvalue weighted by molar-refractivity contribution is 5.87. The van der Waals surface area contributed by atoms with Crippen molar-refractivity contribution in [1.82, 2.24) is 16.0 Å². The van der Waals surface area contributed by atoms with Gasteiger partial charge in [0.05, 0.1) is 19.8 Å². The molecule has 13 nitrogen and oxygen atoms in total. The van der Waals surface area contributed by atoms with E-state index in [-0.39, 0.29) is 63.1 Å². The maximum atomic E-state index is 12.1. The fourth-order valence-electron chi connectivity index (χ4n) is 2.64. The summed E-state index contributed by atoms with van der Waals surface area (Å²) < 4.78 is 10.3. The highest BCUT2D eigenvalue weighted by atomic mass is 16.5. The third-order valence-corrected chi connectivity index (χ3v) is 4.74. The van der Waals surface area contributed by atoms with Gasteiger partial charge in [-0.15, -0.1) is 0 Å². The third kappa shape index (κ3) is 16.2. The molecule has 0 spiro atoms. The summed E-state index contributed by atoms with van der Waals surface area (Å²) in [6, 6.07) is -2.65. The van der Waals surface area contributed by atoms with Gasteiger partial charge < -0.3 is 35.6 Å². The van der Waals surface area contributed by atoms with E-state index in [1.165, 1.54) is 0 Å². The monoisotopic (exact) mass is 503 g/mol. The third-order valence-electron chi connectivity index (χ3n) is 4.74. The number of carboxylic acid groups (broad SMARTS) is 2. The van der Waals surface area contributed by atoms with E-state index in [0.29, 0.717) is 13.0 Å². The van der Waals surface area contributed by atoms with Crippen molar-refractivity contribution in [3.63, 3.8) is 0 Å². The molecular weight excluding hydrogens is 466 g/mol. The minimum absolute atomic E-state index is 0.0107. The molecule has 5 N–H and O–H groups in total. The Bertz CT molecular complexity index is 726. The van der Waals surface area contributed by atoms with Crippen molar-refractivity contribution in [3.8, 4) is 0 Å². The number of carbonyl (C=O) groups is 6. The molecule has 3 amide bonds. The van der Waals surface area contributed by atoms with Crippen LogP contribution in [0.3, 0.4) is 0 Å². The number of nitrogens with one attached hydrogen (secondary N) is 3. The zero-order chi connectivity index (χ0) is 26.8. The highest BCUT2D eigenvalue weighted by Crippen LogP contribution is 2.06. The molecule has 0 aliphatic carbocycles. The van der Waals surface area contributed by atoms with Gasteiger partial charge in [-0.1, -0.05) is 20.8 Å². The molecule has 1 unspecified atom stereocenters. The molecular formula is C22H37N3O10.